The number of nitrogens with two attached hydrogens (primary N) is 1. The number of fused-ring (bicyclic) bond motifs is 1. The van der Waals surface area contributed by atoms with Crippen LogP contribution in [0.1, 0.15) is 29.7 Å². The number of ether oxygens (including phenoxy) is 2. The van der Waals surface area contributed by atoms with Gasteiger partial charge in [-0.25, -0.2) is 0 Å². The summed E-state index contributed by atoms with van der Waals surface area (Å²) in [6, 6.07) is 11.0. The fourth-order valence-corrected chi connectivity index (χ4v) is 3.01. The quantitative estimate of drug-likeness (QED) is 0.883. The Kier molecular flexibility index (Phi) is 3.98. The molecule has 0 saturated heterocycles. The molecule has 0 amide bonds. The largest absolute Gasteiger partial charge is 0.495 e. The minimum absolute atomic E-state index is 0.113. The van der Waals surface area contributed by atoms with Crippen LogP contribution in [0.25, 0.3) is 0 Å². The van der Waals surface area contributed by atoms with Crippen LogP contribution in [0.3, 0.4) is 0 Å². The lowest BCUT2D eigenvalue weighted by Gasteiger charge is -2.30. The zero-order valence-electron chi connectivity index (χ0n) is 11.5. The topological polar surface area (TPSA) is 44.5 Å². The van der Waals surface area contributed by atoms with Crippen LogP contribution < -0.4 is 15.2 Å². The third-order valence-electron chi connectivity index (χ3n) is 3.66. The molecule has 2 N–H and O–H groups in total. The van der Waals surface area contributed by atoms with Crippen molar-refractivity contribution in [2.75, 3.05) is 7.11 Å². The second-order valence-electron chi connectivity index (χ2n) is 5.02. The van der Waals surface area contributed by atoms with E-state index < -0.39 is 0 Å². The Balaban J connectivity index is 1.92. The van der Waals surface area contributed by atoms with Crippen molar-refractivity contribution in [1.29, 1.82) is 0 Å². The Labute approximate surface area is 133 Å². The Morgan fingerprint density at radius 3 is 2.71 bits per heavy atom. The molecule has 110 valence electrons. The third-order valence-corrected chi connectivity index (χ3v) is 4.19. The average molecular weight is 324 g/mol. The maximum atomic E-state index is 6.24. The van der Waals surface area contributed by atoms with E-state index in [1.807, 2.05) is 30.3 Å². The normalized spacial score (nSPS) is 20.6. The maximum absolute atomic E-state index is 6.24. The Morgan fingerprint density at radius 1 is 1.19 bits per heavy atom. The lowest BCUT2D eigenvalue weighted by molar-refractivity contribution is 0.161. The van der Waals surface area contributed by atoms with Crippen LogP contribution in [0.5, 0.6) is 11.5 Å². The molecule has 1 aliphatic heterocycles. The molecule has 2 unspecified atom stereocenters. The molecule has 0 spiro atoms. The van der Waals surface area contributed by atoms with Crippen LogP contribution in [-0.2, 0) is 0 Å². The summed E-state index contributed by atoms with van der Waals surface area (Å²) in [5.41, 5.74) is 8.17. The molecule has 2 aromatic rings. The van der Waals surface area contributed by atoms with Crippen molar-refractivity contribution in [3.8, 4) is 11.5 Å². The monoisotopic (exact) mass is 323 g/mol. The van der Waals surface area contributed by atoms with Crippen molar-refractivity contribution >= 4 is 23.2 Å². The number of rotatable bonds is 2. The summed E-state index contributed by atoms with van der Waals surface area (Å²) in [7, 11) is 1.59. The average Bonchev–Trinajstić information content (AvgIpc) is 2.47. The molecule has 0 bridgehead atoms. The summed E-state index contributed by atoms with van der Waals surface area (Å²) in [4.78, 5) is 0. The summed E-state index contributed by atoms with van der Waals surface area (Å²) < 4.78 is 11.2. The highest BCUT2D eigenvalue weighted by Gasteiger charge is 2.27. The molecule has 0 fully saturated rings. The summed E-state index contributed by atoms with van der Waals surface area (Å²) in [6.45, 7) is 0. The standard InChI is InChI=1S/C16H15Cl2NO2/c1-20-15-4-2-9(6-12(15)18)16-8-13(19)11-7-10(17)3-5-14(11)21-16/h2-7,13,16H,8,19H2,1H3. The van der Waals surface area contributed by atoms with Gasteiger partial charge in [-0.05, 0) is 35.9 Å². The highest BCUT2D eigenvalue weighted by Crippen LogP contribution is 2.41. The zero-order valence-corrected chi connectivity index (χ0v) is 13.0. The van der Waals surface area contributed by atoms with Gasteiger partial charge in [-0.2, -0.15) is 0 Å². The summed E-state index contributed by atoms with van der Waals surface area (Å²) in [5.74, 6) is 1.42. The first kappa shape index (κ1) is 14.5. The second kappa shape index (κ2) is 5.76. The van der Waals surface area contributed by atoms with E-state index in [0.29, 0.717) is 22.2 Å². The molecule has 3 rings (SSSR count). The predicted octanol–water partition coefficient (Wildman–Crippen LogP) is 4.53. The van der Waals surface area contributed by atoms with Crippen molar-refractivity contribution in [1.82, 2.24) is 0 Å². The van der Waals surface area contributed by atoms with Gasteiger partial charge >= 0.3 is 0 Å². The van der Waals surface area contributed by atoms with Crippen LogP contribution in [0, 0.1) is 0 Å². The molecule has 1 aliphatic rings. The van der Waals surface area contributed by atoms with E-state index in [4.69, 9.17) is 38.4 Å². The van der Waals surface area contributed by atoms with E-state index in [1.165, 1.54) is 0 Å². The molecule has 21 heavy (non-hydrogen) atoms. The number of benzene rings is 2. The van der Waals surface area contributed by atoms with Gasteiger partial charge in [-0.15, -0.1) is 0 Å². The van der Waals surface area contributed by atoms with E-state index in [9.17, 15) is 0 Å². The number of halogens is 2. The van der Waals surface area contributed by atoms with E-state index in [0.717, 1.165) is 16.9 Å². The van der Waals surface area contributed by atoms with Crippen LogP contribution in [0.15, 0.2) is 36.4 Å². The van der Waals surface area contributed by atoms with Gasteiger partial charge in [0.25, 0.3) is 0 Å². The van der Waals surface area contributed by atoms with Crippen molar-refractivity contribution in [2.24, 2.45) is 5.73 Å². The molecular formula is C16H15Cl2NO2. The minimum atomic E-state index is -0.128. The molecule has 0 aliphatic carbocycles. The van der Waals surface area contributed by atoms with Crippen molar-refractivity contribution < 1.29 is 9.47 Å². The number of hydrogen-bond acceptors (Lipinski definition) is 3. The molecule has 0 saturated carbocycles. The van der Waals surface area contributed by atoms with Crippen LogP contribution in [0.2, 0.25) is 10.0 Å². The molecule has 0 radical (unpaired) electrons. The first-order valence-corrected chi connectivity index (χ1v) is 7.39. The SMILES string of the molecule is COc1ccc(C2CC(N)c3cc(Cl)ccc3O2)cc1Cl. The molecule has 2 atom stereocenters. The molecule has 1 heterocycles. The van der Waals surface area contributed by atoms with Crippen molar-refractivity contribution in [3.63, 3.8) is 0 Å². The van der Waals surface area contributed by atoms with Crippen LogP contribution >= 0.6 is 23.2 Å². The Hall–Kier alpha value is -1.42. The first-order valence-electron chi connectivity index (χ1n) is 6.63. The minimum Gasteiger partial charge on any atom is -0.495 e. The lowest BCUT2D eigenvalue weighted by Crippen LogP contribution is -2.24. The smallest absolute Gasteiger partial charge is 0.137 e. The van der Waals surface area contributed by atoms with Gasteiger partial charge in [0.05, 0.1) is 12.1 Å². The maximum Gasteiger partial charge on any atom is 0.137 e. The highest BCUT2D eigenvalue weighted by atomic mass is 35.5. The van der Waals surface area contributed by atoms with Gasteiger partial charge in [0.2, 0.25) is 0 Å². The predicted molar refractivity (Wildman–Crippen MR) is 84.4 cm³/mol. The number of hydrogen-bond donors (Lipinski definition) is 1. The summed E-state index contributed by atoms with van der Waals surface area (Å²) in [6.07, 6.45) is 0.549. The third kappa shape index (κ3) is 2.82. The highest BCUT2D eigenvalue weighted by molar-refractivity contribution is 6.32. The van der Waals surface area contributed by atoms with Crippen LogP contribution in [-0.4, -0.2) is 7.11 Å². The molecule has 5 heteroatoms. The van der Waals surface area contributed by atoms with Crippen molar-refractivity contribution in [2.45, 2.75) is 18.6 Å². The van der Waals surface area contributed by atoms with Gasteiger partial charge in [0.1, 0.15) is 17.6 Å². The lowest BCUT2D eigenvalue weighted by atomic mass is 9.93. The summed E-state index contributed by atoms with van der Waals surface area (Å²) in [5, 5.41) is 1.23. The van der Waals surface area contributed by atoms with Gasteiger partial charge < -0.3 is 15.2 Å². The summed E-state index contributed by atoms with van der Waals surface area (Å²) >= 11 is 12.2. The van der Waals surface area contributed by atoms with Gasteiger partial charge in [-0.3, -0.25) is 0 Å². The van der Waals surface area contributed by atoms with E-state index >= 15 is 0 Å². The molecule has 2 aromatic carbocycles. The van der Waals surface area contributed by atoms with Crippen LogP contribution in [0.4, 0.5) is 0 Å². The Bertz CT molecular complexity index is 675. The molecule has 3 nitrogen and oxygen atoms in total. The van der Waals surface area contributed by atoms with Gasteiger partial charge in [0.15, 0.2) is 0 Å². The zero-order chi connectivity index (χ0) is 15.0. The van der Waals surface area contributed by atoms with Crippen molar-refractivity contribution in [3.05, 3.63) is 57.6 Å². The van der Waals surface area contributed by atoms with E-state index in [2.05, 4.69) is 0 Å². The molecular weight excluding hydrogens is 309 g/mol. The van der Waals surface area contributed by atoms with Gasteiger partial charge in [0, 0.05) is 23.0 Å². The van der Waals surface area contributed by atoms with Gasteiger partial charge in [-0.1, -0.05) is 29.3 Å². The number of methoxy groups -OCH3 is 1. The van der Waals surface area contributed by atoms with E-state index in [1.54, 1.807) is 13.2 Å². The molecule has 0 aromatic heterocycles. The first-order chi connectivity index (χ1) is 10.1. The fraction of sp³-hybridized carbons (Fsp3) is 0.250. The fourth-order valence-electron chi connectivity index (χ4n) is 2.56. The van der Waals surface area contributed by atoms with E-state index in [-0.39, 0.29) is 12.1 Å². The Morgan fingerprint density at radius 2 is 2.00 bits per heavy atom. The second-order valence-corrected chi connectivity index (χ2v) is 5.87.